The van der Waals surface area contributed by atoms with Gasteiger partial charge in [0.05, 0.1) is 20.8 Å². The Morgan fingerprint density at radius 3 is 2.50 bits per heavy atom. The van der Waals surface area contributed by atoms with Crippen molar-refractivity contribution in [2.24, 2.45) is 0 Å². The summed E-state index contributed by atoms with van der Waals surface area (Å²) in [6, 6.07) is 8.35. The van der Waals surface area contributed by atoms with Gasteiger partial charge in [-0.25, -0.2) is 0 Å². The van der Waals surface area contributed by atoms with Gasteiger partial charge in [-0.05, 0) is 52.9 Å². The van der Waals surface area contributed by atoms with Crippen molar-refractivity contribution in [1.29, 1.82) is 0 Å². The van der Waals surface area contributed by atoms with E-state index in [9.17, 15) is 4.79 Å². The standard InChI is InChI=1S/C23H25NO6/c1-13(25)28-11-18-16-8-20(27-3)19(26-2)7-15(16)10-24-5-4-14-6-21-22(30-12-29-21)9-17(14)23(18)24/h6-9,18,23H,4-5,10-12H2,1-3H3/t18-,23+/m1/s1. The van der Waals surface area contributed by atoms with Crippen LogP contribution >= 0.6 is 0 Å². The van der Waals surface area contributed by atoms with Gasteiger partial charge in [-0.3, -0.25) is 9.69 Å². The number of esters is 1. The molecule has 0 radical (unpaired) electrons. The average Bonchev–Trinajstić information content (AvgIpc) is 3.21. The Balaban J connectivity index is 1.63. The van der Waals surface area contributed by atoms with Gasteiger partial charge in [0.15, 0.2) is 23.0 Å². The lowest BCUT2D eigenvalue weighted by atomic mass is 9.76. The number of methoxy groups -OCH3 is 2. The molecular weight excluding hydrogens is 386 g/mol. The van der Waals surface area contributed by atoms with Crippen LogP contribution in [0.25, 0.3) is 0 Å². The van der Waals surface area contributed by atoms with E-state index in [0.717, 1.165) is 36.6 Å². The van der Waals surface area contributed by atoms with Crippen molar-refractivity contribution in [3.05, 3.63) is 46.5 Å². The molecule has 0 saturated carbocycles. The summed E-state index contributed by atoms with van der Waals surface area (Å²) in [6.45, 7) is 3.71. The van der Waals surface area contributed by atoms with E-state index in [-0.39, 0.29) is 24.7 Å². The highest BCUT2D eigenvalue weighted by Gasteiger charge is 2.41. The van der Waals surface area contributed by atoms with Gasteiger partial charge in [0.25, 0.3) is 0 Å². The summed E-state index contributed by atoms with van der Waals surface area (Å²) >= 11 is 0. The minimum absolute atomic E-state index is 0.0307. The fourth-order valence-corrected chi connectivity index (χ4v) is 4.94. The van der Waals surface area contributed by atoms with E-state index < -0.39 is 0 Å². The van der Waals surface area contributed by atoms with Crippen LogP contribution in [0.15, 0.2) is 24.3 Å². The first-order valence-electron chi connectivity index (χ1n) is 10.1. The molecule has 30 heavy (non-hydrogen) atoms. The maximum Gasteiger partial charge on any atom is 0.302 e. The molecule has 0 unspecified atom stereocenters. The summed E-state index contributed by atoms with van der Waals surface area (Å²) in [5.41, 5.74) is 4.77. The highest BCUT2D eigenvalue weighted by Crippen LogP contribution is 2.50. The molecule has 0 amide bonds. The van der Waals surface area contributed by atoms with E-state index in [1.807, 2.05) is 12.1 Å². The zero-order chi connectivity index (χ0) is 20.8. The van der Waals surface area contributed by atoms with Gasteiger partial charge in [-0.2, -0.15) is 0 Å². The molecule has 0 spiro atoms. The maximum absolute atomic E-state index is 11.7. The highest BCUT2D eigenvalue weighted by molar-refractivity contribution is 5.66. The Hall–Kier alpha value is -2.93. The Kier molecular flexibility index (Phi) is 4.70. The molecule has 0 N–H and O–H groups in total. The number of carbonyl (C=O) groups is 1. The first-order chi connectivity index (χ1) is 14.6. The second kappa shape index (κ2) is 7.40. The maximum atomic E-state index is 11.7. The van der Waals surface area contributed by atoms with Crippen LogP contribution in [-0.4, -0.2) is 45.0 Å². The van der Waals surface area contributed by atoms with Crippen LogP contribution < -0.4 is 18.9 Å². The van der Waals surface area contributed by atoms with Gasteiger partial charge < -0.3 is 23.7 Å². The van der Waals surface area contributed by atoms with Gasteiger partial charge in [0, 0.05) is 32.0 Å². The van der Waals surface area contributed by atoms with Gasteiger partial charge in [0.1, 0.15) is 0 Å². The van der Waals surface area contributed by atoms with Crippen LogP contribution in [0.1, 0.15) is 41.1 Å². The molecule has 7 heteroatoms. The zero-order valence-corrected chi connectivity index (χ0v) is 17.4. The lowest BCUT2D eigenvalue weighted by Gasteiger charge is -2.46. The van der Waals surface area contributed by atoms with Crippen molar-refractivity contribution < 1.29 is 28.5 Å². The Morgan fingerprint density at radius 2 is 1.77 bits per heavy atom. The monoisotopic (exact) mass is 411 g/mol. The highest BCUT2D eigenvalue weighted by atomic mass is 16.7. The number of fused-ring (bicyclic) bond motifs is 5. The predicted molar refractivity (Wildman–Crippen MR) is 108 cm³/mol. The van der Waals surface area contributed by atoms with Crippen LogP contribution in [0, 0.1) is 0 Å². The molecule has 158 valence electrons. The Morgan fingerprint density at radius 1 is 1.03 bits per heavy atom. The van der Waals surface area contributed by atoms with Crippen LogP contribution in [0.4, 0.5) is 0 Å². The number of hydrogen-bond acceptors (Lipinski definition) is 7. The molecule has 2 aromatic rings. The molecular formula is C23H25NO6. The molecule has 3 aliphatic rings. The molecule has 3 heterocycles. The van der Waals surface area contributed by atoms with Gasteiger partial charge in [-0.15, -0.1) is 0 Å². The second-order valence-corrected chi connectivity index (χ2v) is 7.88. The smallest absolute Gasteiger partial charge is 0.302 e. The van der Waals surface area contributed by atoms with Crippen molar-refractivity contribution in [1.82, 2.24) is 4.90 Å². The average molecular weight is 411 g/mol. The van der Waals surface area contributed by atoms with Crippen LogP contribution in [0.2, 0.25) is 0 Å². The first-order valence-corrected chi connectivity index (χ1v) is 10.1. The topological polar surface area (TPSA) is 66.5 Å². The molecule has 0 aromatic heterocycles. The van der Waals surface area contributed by atoms with Crippen molar-refractivity contribution >= 4 is 5.97 Å². The minimum atomic E-state index is -0.282. The number of benzene rings is 2. The van der Waals surface area contributed by atoms with E-state index >= 15 is 0 Å². The normalized spacial score (nSPS) is 21.3. The Labute approximate surface area is 175 Å². The van der Waals surface area contributed by atoms with E-state index in [1.165, 1.54) is 23.6 Å². The summed E-state index contributed by atoms with van der Waals surface area (Å²) in [4.78, 5) is 14.1. The number of carbonyl (C=O) groups excluding carboxylic acids is 1. The van der Waals surface area contributed by atoms with Gasteiger partial charge >= 0.3 is 5.97 Å². The number of rotatable bonds is 4. The summed E-state index contributed by atoms with van der Waals surface area (Å²) in [6.07, 6.45) is 0.936. The molecule has 2 aromatic carbocycles. The number of hydrogen-bond donors (Lipinski definition) is 0. The van der Waals surface area contributed by atoms with Crippen LogP contribution in [0.3, 0.4) is 0 Å². The Bertz CT molecular complexity index is 1000. The second-order valence-electron chi connectivity index (χ2n) is 7.88. The summed E-state index contributed by atoms with van der Waals surface area (Å²) < 4.78 is 27.8. The quantitative estimate of drug-likeness (QED) is 0.716. The van der Waals surface area contributed by atoms with Gasteiger partial charge in [-0.1, -0.05) is 0 Å². The lowest BCUT2D eigenvalue weighted by Crippen LogP contribution is -2.43. The molecule has 0 bridgehead atoms. The SMILES string of the molecule is COc1cc2c(cc1OC)[C@@H](COC(C)=O)[C@@H]1c3cc4c(cc3CCN1C2)OCO4. The molecule has 0 fully saturated rings. The fraction of sp³-hybridized carbons (Fsp3) is 0.435. The van der Waals surface area contributed by atoms with Crippen molar-refractivity contribution in [3.63, 3.8) is 0 Å². The molecule has 7 nitrogen and oxygen atoms in total. The lowest BCUT2D eigenvalue weighted by molar-refractivity contribution is -0.142. The molecule has 3 aliphatic heterocycles. The molecule has 2 atom stereocenters. The zero-order valence-electron chi connectivity index (χ0n) is 17.4. The summed E-state index contributed by atoms with van der Waals surface area (Å²) in [5.74, 6) is 2.66. The van der Waals surface area contributed by atoms with E-state index in [1.54, 1.807) is 14.2 Å². The van der Waals surface area contributed by atoms with Crippen LogP contribution in [-0.2, 0) is 22.5 Å². The van der Waals surface area contributed by atoms with Crippen molar-refractivity contribution in [3.8, 4) is 23.0 Å². The number of ether oxygens (including phenoxy) is 5. The van der Waals surface area contributed by atoms with E-state index in [4.69, 9.17) is 23.7 Å². The van der Waals surface area contributed by atoms with E-state index in [2.05, 4.69) is 17.0 Å². The third kappa shape index (κ3) is 3.04. The predicted octanol–water partition coefficient (Wildman–Crippen LogP) is 3.19. The summed E-state index contributed by atoms with van der Waals surface area (Å²) in [7, 11) is 3.28. The van der Waals surface area contributed by atoms with Crippen LogP contribution in [0.5, 0.6) is 23.0 Å². The third-order valence-corrected chi connectivity index (χ3v) is 6.28. The molecule has 0 saturated heterocycles. The third-order valence-electron chi connectivity index (χ3n) is 6.28. The molecule has 0 aliphatic carbocycles. The largest absolute Gasteiger partial charge is 0.493 e. The molecule has 5 rings (SSSR count). The minimum Gasteiger partial charge on any atom is -0.493 e. The summed E-state index contributed by atoms with van der Waals surface area (Å²) in [5, 5.41) is 0. The van der Waals surface area contributed by atoms with Crippen molar-refractivity contribution in [2.45, 2.75) is 31.8 Å². The fourth-order valence-electron chi connectivity index (χ4n) is 4.94. The van der Waals surface area contributed by atoms with Gasteiger partial charge in [0.2, 0.25) is 6.79 Å². The first kappa shape index (κ1) is 19.1. The van der Waals surface area contributed by atoms with Crippen molar-refractivity contribution in [2.75, 3.05) is 34.2 Å². The number of nitrogens with zero attached hydrogens (tertiary/aromatic N) is 1. The van der Waals surface area contributed by atoms with E-state index in [0.29, 0.717) is 18.1 Å².